The minimum atomic E-state index is -0.310. The first-order valence-electron chi connectivity index (χ1n) is 7.95. The SMILES string of the molecule is COc1ccc(/C=C2\SC(=O)N(CCOc3ccc(Cl)cc3)C2=O)cc1I. The van der Waals surface area contributed by atoms with Crippen molar-refractivity contribution in [2.75, 3.05) is 20.3 Å². The molecule has 3 rings (SSSR count). The van der Waals surface area contributed by atoms with Gasteiger partial charge in [0.1, 0.15) is 18.1 Å². The minimum absolute atomic E-state index is 0.185. The summed E-state index contributed by atoms with van der Waals surface area (Å²) in [5, 5.41) is 0.320. The van der Waals surface area contributed by atoms with Crippen molar-refractivity contribution in [2.24, 2.45) is 0 Å². The highest BCUT2D eigenvalue weighted by atomic mass is 127. The average Bonchev–Trinajstić information content (AvgIpc) is 2.91. The van der Waals surface area contributed by atoms with E-state index in [0.29, 0.717) is 15.7 Å². The van der Waals surface area contributed by atoms with Crippen LogP contribution in [0.5, 0.6) is 11.5 Å². The quantitative estimate of drug-likeness (QED) is 0.397. The van der Waals surface area contributed by atoms with Gasteiger partial charge in [0.25, 0.3) is 11.1 Å². The van der Waals surface area contributed by atoms with E-state index >= 15 is 0 Å². The molecule has 1 heterocycles. The second-order valence-corrected chi connectivity index (χ2v) is 8.12. The Kier molecular flexibility index (Phi) is 6.67. The van der Waals surface area contributed by atoms with Crippen LogP contribution in [-0.4, -0.2) is 36.3 Å². The van der Waals surface area contributed by atoms with Gasteiger partial charge in [-0.15, -0.1) is 0 Å². The van der Waals surface area contributed by atoms with E-state index in [1.807, 2.05) is 18.2 Å². The number of carbonyl (C=O) groups excluding carboxylic acids is 2. The molecule has 0 atom stereocenters. The molecule has 2 aromatic carbocycles. The first-order chi connectivity index (χ1) is 13.0. The van der Waals surface area contributed by atoms with Gasteiger partial charge in [-0.2, -0.15) is 0 Å². The van der Waals surface area contributed by atoms with Gasteiger partial charge in [-0.05, 0) is 82.4 Å². The Morgan fingerprint density at radius 3 is 2.59 bits per heavy atom. The molecule has 1 aliphatic rings. The second-order valence-electron chi connectivity index (χ2n) is 5.53. The second kappa shape index (κ2) is 8.99. The molecule has 0 bridgehead atoms. The number of carbonyl (C=O) groups is 2. The van der Waals surface area contributed by atoms with Gasteiger partial charge < -0.3 is 9.47 Å². The molecule has 0 spiro atoms. The molecule has 27 heavy (non-hydrogen) atoms. The van der Waals surface area contributed by atoms with Crippen LogP contribution in [0.25, 0.3) is 6.08 Å². The highest BCUT2D eigenvalue weighted by molar-refractivity contribution is 14.1. The average molecular weight is 516 g/mol. The molecule has 140 valence electrons. The highest BCUT2D eigenvalue weighted by Crippen LogP contribution is 2.33. The predicted octanol–water partition coefficient (Wildman–Crippen LogP) is 5.07. The van der Waals surface area contributed by atoms with Crippen molar-refractivity contribution in [3.05, 3.63) is 61.5 Å². The van der Waals surface area contributed by atoms with Crippen molar-refractivity contribution in [1.82, 2.24) is 4.90 Å². The van der Waals surface area contributed by atoms with Crippen LogP contribution < -0.4 is 9.47 Å². The molecular weight excluding hydrogens is 501 g/mol. The summed E-state index contributed by atoms with van der Waals surface area (Å²) < 4.78 is 11.7. The number of hydrogen-bond donors (Lipinski definition) is 0. The Balaban J connectivity index is 1.64. The fraction of sp³-hybridized carbons (Fsp3) is 0.158. The Morgan fingerprint density at radius 2 is 1.93 bits per heavy atom. The van der Waals surface area contributed by atoms with Gasteiger partial charge in [0.15, 0.2) is 0 Å². The van der Waals surface area contributed by atoms with Crippen LogP contribution >= 0.6 is 46.0 Å². The number of methoxy groups -OCH3 is 1. The topological polar surface area (TPSA) is 55.8 Å². The largest absolute Gasteiger partial charge is 0.496 e. The third kappa shape index (κ3) is 4.97. The van der Waals surface area contributed by atoms with Crippen LogP contribution in [0.2, 0.25) is 5.02 Å². The minimum Gasteiger partial charge on any atom is -0.496 e. The third-order valence-corrected chi connectivity index (χ3v) is 5.75. The van der Waals surface area contributed by atoms with Crippen LogP contribution in [0.15, 0.2) is 47.4 Å². The van der Waals surface area contributed by atoms with Crippen molar-refractivity contribution in [3.63, 3.8) is 0 Å². The lowest BCUT2D eigenvalue weighted by Crippen LogP contribution is -2.32. The molecule has 0 aliphatic carbocycles. The first kappa shape index (κ1) is 20.0. The van der Waals surface area contributed by atoms with Crippen LogP contribution in [0, 0.1) is 3.57 Å². The summed E-state index contributed by atoms with van der Waals surface area (Å²) in [6.45, 7) is 0.401. The zero-order chi connectivity index (χ0) is 19.4. The summed E-state index contributed by atoms with van der Waals surface area (Å²) in [5.41, 5.74) is 0.836. The lowest BCUT2D eigenvalue weighted by molar-refractivity contribution is -0.123. The number of hydrogen-bond acceptors (Lipinski definition) is 5. The van der Waals surface area contributed by atoms with Crippen LogP contribution in [0.3, 0.4) is 0 Å². The third-order valence-electron chi connectivity index (χ3n) is 3.74. The van der Waals surface area contributed by atoms with Crippen molar-refractivity contribution >= 4 is 63.2 Å². The monoisotopic (exact) mass is 515 g/mol. The molecule has 0 saturated carbocycles. The van der Waals surface area contributed by atoms with E-state index in [1.54, 1.807) is 37.5 Å². The van der Waals surface area contributed by atoms with Crippen molar-refractivity contribution in [1.29, 1.82) is 0 Å². The summed E-state index contributed by atoms with van der Waals surface area (Å²) in [6, 6.07) is 12.5. The highest BCUT2D eigenvalue weighted by Gasteiger charge is 2.34. The van der Waals surface area contributed by atoms with E-state index in [1.165, 1.54) is 4.90 Å². The molecular formula is C19H15ClINO4S. The van der Waals surface area contributed by atoms with Crippen LogP contribution in [-0.2, 0) is 4.79 Å². The maximum absolute atomic E-state index is 12.5. The van der Waals surface area contributed by atoms with E-state index in [9.17, 15) is 9.59 Å². The number of thioether (sulfide) groups is 1. The Hall–Kier alpha value is -1.71. The van der Waals surface area contributed by atoms with Gasteiger partial charge in [0, 0.05) is 5.02 Å². The molecule has 1 saturated heterocycles. The van der Waals surface area contributed by atoms with E-state index in [2.05, 4.69) is 22.6 Å². The van der Waals surface area contributed by atoms with Gasteiger partial charge in [-0.25, -0.2) is 0 Å². The predicted molar refractivity (Wildman–Crippen MR) is 115 cm³/mol. The zero-order valence-electron chi connectivity index (χ0n) is 14.3. The number of rotatable bonds is 6. The Labute approximate surface area is 179 Å². The molecule has 0 aromatic heterocycles. The van der Waals surface area contributed by atoms with Gasteiger partial charge in [-0.3, -0.25) is 14.5 Å². The lowest BCUT2D eigenvalue weighted by atomic mass is 10.2. The van der Waals surface area contributed by atoms with Crippen molar-refractivity contribution in [2.45, 2.75) is 0 Å². The van der Waals surface area contributed by atoms with Gasteiger partial charge >= 0.3 is 0 Å². The Bertz CT molecular complexity index is 901. The molecule has 2 amide bonds. The molecule has 1 fully saturated rings. The fourth-order valence-electron chi connectivity index (χ4n) is 2.40. The molecule has 0 N–H and O–H groups in total. The molecule has 5 nitrogen and oxygen atoms in total. The number of halogens is 2. The fourth-order valence-corrected chi connectivity index (χ4v) is 4.15. The van der Waals surface area contributed by atoms with Crippen molar-refractivity contribution < 1.29 is 19.1 Å². The normalized spacial score (nSPS) is 15.5. The maximum Gasteiger partial charge on any atom is 0.293 e. The molecule has 2 aromatic rings. The van der Waals surface area contributed by atoms with Gasteiger partial charge in [0.05, 0.1) is 22.1 Å². The summed E-state index contributed by atoms with van der Waals surface area (Å²) in [5.74, 6) is 1.09. The van der Waals surface area contributed by atoms with Gasteiger partial charge in [-0.1, -0.05) is 17.7 Å². The Morgan fingerprint density at radius 1 is 1.19 bits per heavy atom. The smallest absolute Gasteiger partial charge is 0.293 e. The van der Waals surface area contributed by atoms with Gasteiger partial charge in [0.2, 0.25) is 0 Å². The standard InChI is InChI=1S/C19H15ClINO4S/c1-25-16-7-2-12(10-15(16)21)11-17-18(23)22(19(24)27-17)8-9-26-14-5-3-13(20)4-6-14/h2-7,10-11H,8-9H2,1H3/b17-11-. The molecule has 0 unspecified atom stereocenters. The van der Waals surface area contributed by atoms with Crippen molar-refractivity contribution in [3.8, 4) is 11.5 Å². The van der Waals surface area contributed by atoms with E-state index < -0.39 is 0 Å². The number of amides is 2. The number of nitrogens with zero attached hydrogens (tertiary/aromatic N) is 1. The van der Waals surface area contributed by atoms with Crippen LogP contribution in [0.1, 0.15) is 5.56 Å². The first-order valence-corrected chi connectivity index (χ1v) is 10.2. The van der Waals surface area contributed by atoms with E-state index in [4.69, 9.17) is 21.1 Å². The van der Waals surface area contributed by atoms with E-state index in [-0.39, 0.29) is 24.3 Å². The number of ether oxygens (including phenoxy) is 2. The number of benzene rings is 2. The molecule has 1 aliphatic heterocycles. The molecule has 0 radical (unpaired) electrons. The summed E-state index contributed by atoms with van der Waals surface area (Å²) in [6.07, 6.45) is 1.71. The summed E-state index contributed by atoms with van der Waals surface area (Å²) in [4.78, 5) is 26.3. The summed E-state index contributed by atoms with van der Waals surface area (Å²) >= 11 is 8.92. The molecule has 8 heteroatoms. The van der Waals surface area contributed by atoms with E-state index in [0.717, 1.165) is 26.6 Å². The number of imide groups is 1. The maximum atomic E-state index is 12.5. The summed E-state index contributed by atoms with van der Waals surface area (Å²) in [7, 11) is 1.61. The zero-order valence-corrected chi connectivity index (χ0v) is 18.0. The van der Waals surface area contributed by atoms with Crippen LogP contribution in [0.4, 0.5) is 4.79 Å². The lowest BCUT2D eigenvalue weighted by Gasteiger charge is -2.13.